The topological polar surface area (TPSA) is 129 Å². The Balaban J connectivity index is 1.24. The van der Waals surface area contributed by atoms with Crippen molar-refractivity contribution < 1.29 is 32.9 Å². The number of fused-ring (bicyclic) bond motifs is 1. The minimum absolute atomic E-state index is 0.0399. The molecule has 2 aliphatic rings. The number of furan rings is 1. The second-order valence-electron chi connectivity index (χ2n) is 10.9. The Bertz CT molecular complexity index is 1380. The zero-order valence-electron chi connectivity index (χ0n) is 24.9. The van der Waals surface area contributed by atoms with Gasteiger partial charge in [-0.25, -0.2) is 0 Å². The van der Waals surface area contributed by atoms with Gasteiger partial charge in [-0.05, 0) is 55.5 Å². The van der Waals surface area contributed by atoms with Crippen LogP contribution >= 0.6 is 0 Å². The number of hydrogen-bond donors (Lipinski definition) is 2. The molecule has 0 spiro atoms. The van der Waals surface area contributed by atoms with Gasteiger partial charge in [0.1, 0.15) is 11.5 Å². The summed E-state index contributed by atoms with van der Waals surface area (Å²) in [6, 6.07) is 7.10. The number of aromatic nitrogens is 2. The van der Waals surface area contributed by atoms with E-state index in [1.54, 1.807) is 6.07 Å². The van der Waals surface area contributed by atoms with E-state index in [4.69, 9.17) is 28.1 Å². The fraction of sp³-hybridized carbons (Fsp3) is 0.500. The van der Waals surface area contributed by atoms with Gasteiger partial charge in [-0.15, -0.1) is 0 Å². The standard InChI is InChI=1S/C30H39N5O7/c1-19-17-23-20(30(2,3)9-14-40-23)18-22(19)42-24-8-7-21(41-24)26(36)32-25-27(37-4)33-29(34-28(25)38-5)31-10-6-11-35-12-15-39-16-13-35/h7-8,17-18H,6,9-16H2,1-5H3,(H,32,36)(H,31,33,34). The Morgan fingerprint density at radius 3 is 2.52 bits per heavy atom. The zero-order chi connectivity index (χ0) is 29.7. The predicted molar refractivity (Wildman–Crippen MR) is 157 cm³/mol. The van der Waals surface area contributed by atoms with Crippen molar-refractivity contribution >= 4 is 17.5 Å². The maximum atomic E-state index is 13.1. The molecular formula is C30H39N5O7. The Morgan fingerprint density at radius 2 is 1.81 bits per heavy atom. The van der Waals surface area contributed by atoms with Gasteiger partial charge < -0.3 is 38.7 Å². The van der Waals surface area contributed by atoms with E-state index in [1.807, 2.05) is 19.1 Å². The number of ether oxygens (including phenoxy) is 5. The summed E-state index contributed by atoms with van der Waals surface area (Å²) in [6.07, 6.45) is 1.82. The molecule has 0 aliphatic carbocycles. The van der Waals surface area contributed by atoms with Gasteiger partial charge in [0.25, 0.3) is 11.9 Å². The second-order valence-corrected chi connectivity index (χ2v) is 10.9. The van der Waals surface area contributed by atoms with E-state index in [2.05, 4.69) is 39.3 Å². The number of anilines is 2. The molecule has 2 N–H and O–H groups in total. The second kappa shape index (κ2) is 12.9. The van der Waals surface area contributed by atoms with Gasteiger partial charge in [0, 0.05) is 31.3 Å². The normalized spacial score (nSPS) is 16.2. The Hall–Kier alpha value is -4.03. The van der Waals surface area contributed by atoms with Crippen LogP contribution in [0, 0.1) is 6.92 Å². The van der Waals surface area contributed by atoms with Crippen LogP contribution in [0.15, 0.2) is 28.7 Å². The molecule has 0 radical (unpaired) electrons. The molecule has 0 saturated carbocycles. The molecule has 3 aromatic rings. The SMILES string of the molecule is COc1nc(NCCCN2CCOCC2)nc(OC)c1NC(=O)c1ccc(Oc2cc3c(cc2C)OCCC3(C)C)o1. The summed E-state index contributed by atoms with van der Waals surface area (Å²) in [7, 11) is 2.93. The fourth-order valence-corrected chi connectivity index (χ4v) is 4.98. The third-order valence-electron chi connectivity index (χ3n) is 7.51. The summed E-state index contributed by atoms with van der Waals surface area (Å²) in [5.41, 5.74) is 2.13. The molecule has 12 nitrogen and oxygen atoms in total. The number of carbonyl (C=O) groups is 1. The molecule has 2 aliphatic heterocycles. The van der Waals surface area contributed by atoms with E-state index in [0.29, 0.717) is 24.8 Å². The Morgan fingerprint density at radius 1 is 1.07 bits per heavy atom. The number of nitrogens with zero attached hydrogens (tertiary/aromatic N) is 3. The van der Waals surface area contributed by atoms with Crippen molar-refractivity contribution in [2.24, 2.45) is 0 Å². The molecule has 2 aromatic heterocycles. The maximum absolute atomic E-state index is 13.1. The summed E-state index contributed by atoms with van der Waals surface area (Å²) >= 11 is 0. The predicted octanol–water partition coefficient (Wildman–Crippen LogP) is 4.63. The molecule has 0 bridgehead atoms. The number of aryl methyl sites for hydroxylation is 1. The highest BCUT2D eigenvalue weighted by molar-refractivity contribution is 6.03. The number of benzene rings is 1. The van der Waals surface area contributed by atoms with Crippen LogP contribution in [0.25, 0.3) is 0 Å². The average molecular weight is 582 g/mol. The molecule has 1 fully saturated rings. The van der Waals surface area contributed by atoms with E-state index in [1.165, 1.54) is 20.3 Å². The highest BCUT2D eigenvalue weighted by Crippen LogP contribution is 2.42. The van der Waals surface area contributed by atoms with Gasteiger partial charge in [0.15, 0.2) is 11.4 Å². The van der Waals surface area contributed by atoms with Crippen molar-refractivity contribution in [2.75, 3.05) is 70.9 Å². The first-order chi connectivity index (χ1) is 20.3. The summed E-state index contributed by atoms with van der Waals surface area (Å²) in [5, 5.41) is 5.95. The Labute approximate surface area is 245 Å². The number of nitrogens with one attached hydrogen (secondary N) is 2. The highest BCUT2D eigenvalue weighted by atomic mass is 16.6. The molecule has 42 heavy (non-hydrogen) atoms. The van der Waals surface area contributed by atoms with Crippen LogP contribution < -0.4 is 29.6 Å². The quantitative estimate of drug-likeness (QED) is 0.307. The van der Waals surface area contributed by atoms with Crippen LogP contribution in [-0.4, -0.2) is 81.0 Å². The minimum Gasteiger partial charge on any atom is -0.493 e. The van der Waals surface area contributed by atoms with Gasteiger partial charge in [-0.1, -0.05) is 13.8 Å². The van der Waals surface area contributed by atoms with Crippen LogP contribution in [0.2, 0.25) is 0 Å². The first-order valence-electron chi connectivity index (χ1n) is 14.2. The van der Waals surface area contributed by atoms with Crippen molar-refractivity contribution in [1.29, 1.82) is 0 Å². The van der Waals surface area contributed by atoms with E-state index in [0.717, 1.165) is 62.6 Å². The zero-order valence-corrected chi connectivity index (χ0v) is 24.9. The van der Waals surface area contributed by atoms with Crippen LogP contribution in [0.1, 0.15) is 48.4 Å². The molecule has 1 amide bonds. The van der Waals surface area contributed by atoms with Crippen LogP contribution in [0.3, 0.4) is 0 Å². The lowest BCUT2D eigenvalue weighted by Gasteiger charge is -2.33. The lowest BCUT2D eigenvalue weighted by Crippen LogP contribution is -2.37. The van der Waals surface area contributed by atoms with E-state index in [-0.39, 0.29) is 34.6 Å². The Kier molecular flexibility index (Phi) is 9.03. The lowest BCUT2D eigenvalue weighted by atomic mass is 9.79. The van der Waals surface area contributed by atoms with Crippen molar-refractivity contribution in [1.82, 2.24) is 14.9 Å². The molecule has 4 heterocycles. The van der Waals surface area contributed by atoms with Crippen molar-refractivity contribution in [3.8, 4) is 29.2 Å². The number of morpholine rings is 1. The summed E-state index contributed by atoms with van der Waals surface area (Å²) in [6.45, 7) is 12.0. The van der Waals surface area contributed by atoms with Crippen LogP contribution in [0.4, 0.5) is 11.6 Å². The van der Waals surface area contributed by atoms with Crippen LogP contribution in [-0.2, 0) is 10.2 Å². The summed E-state index contributed by atoms with van der Waals surface area (Å²) < 4.78 is 34.0. The number of hydrogen-bond acceptors (Lipinski definition) is 11. The molecule has 0 atom stereocenters. The number of rotatable bonds is 11. The smallest absolute Gasteiger partial charge is 0.291 e. The van der Waals surface area contributed by atoms with E-state index in [9.17, 15) is 4.79 Å². The summed E-state index contributed by atoms with van der Waals surface area (Å²) in [5.74, 6) is 1.85. The average Bonchev–Trinajstić information content (AvgIpc) is 3.45. The number of carbonyl (C=O) groups excluding carboxylic acids is 1. The van der Waals surface area contributed by atoms with Gasteiger partial charge in [-0.3, -0.25) is 9.69 Å². The van der Waals surface area contributed by atoms with Crippen molar-refractivity contribution in [3.05, 3.63) is 41.2 Å². The molecule has 12 heteroatoms. The largest absolute Gasteiger partial charge is 0.493 e. The van der Waals surface area contributed by atoms with Crippen molar-refractivity contribution in [3.63, 3.8) is 0 Å². The fourth-order valence-electron chi connectivity index (χ4n) is 4.98. The minimum atomic E-state index is -0.534. The third kappa shape index (κ3) is 6.71. The maximum Gasteiger partial charge on any atom is 0.291 e. The van der Waals surface area contributed by atoms with Gasteiger partial charge >= 0.3 is 0 Å². The van der Waals surface area contributed by atoms with E-state index < -0.39 is 5.91 Å². The number of amides is 1. The molecule has 1 aromatic carbocycles. The molecule has 5 rings (SSSR count). The highest BCUT2D eigenvalue weighted by Gasteiger charge is 2.30. The monoisotopic (exact) mass is 581 g/mol. The number of methoxy groups -OCH3 is 2. The molecule has 0 unspecified atom stereocenters. The lowest BCUT2D eigenvalue weighted by molar-refractivity contribution is 0.0378. The van der Waals surface area contributed by atoms with Crippen molar-refractivity contribution in [2.45, 2.75) is 39.0 Å². The van der Waals surface area contributed by atoms with Gasteiger partial charge in [-0.2, -0.15) is 9.97 Å². The van der Waals surface area contributed by atoms with Gasteiger partial charge in [0.05, 0.1) is 34.0 Å². The van der Waals surface area contributed by atoms with Gasteiger partial charge in [0.2, 0.25) is 17.7 Å². The summed E-state index contributed by atoms with van der Waals surface area (Å²) in [4.78, 5) is 24.3. The van der Waals surface area contributed by atoms with Crippen LogP contribution in [0.5, 0.6) is 29.2 Å². The third-order valence-corrected chi connectivity index (χ3v) is 7.51. The van der Waals surface area contributed by atoms with E-state index >= 15 is 0 Å². The molecule has 1 saturated heterocycles. The molecule has 226 valence electrons. The first-order valence-corrected chi connectivity index (χ1v) is 14.2. The molecular weight excluding hydrogens is 542 g/mol. The first kappa shape index (κ1) is 29.5.